The number of hydrogen-bond donors (Lipinski definition) is 2. The van der Waals surface area contributed by atoms with E-state index in [1.54, 1.807) is 4.68 Å². The van der Waals surface area contributed by atoms with Crippen LogP contribution in [0.2, 0.25) is 0 Å². The average Bonchev–Trinajstić information content (AvgIpc) is 3.02. The second-order valence-corrected chi connectivity index (χ2v) is 5.01. The van der Waals surface area contributed by atoms with Gasteiger partial charge in [-0.3, -0.25) is 5.10 Å². The van der Waals surface area contributed by atoms with E-state index in [-0.39, 0.29) is 23.2 Å². The predicted octanol–water partition coefficient (Wildman–Crippen LogP) is 2.40. The van der Waals surface area contributed by atoms with Gasteiger partial charge in [0.05, 0.1) is 5.39 Å². The maximum atomic E-state index is 12.7. The standard InChI is InChI=1S/C12H12F3N7/c1-5(2)22-11-8(10(16)17-4-18-11)9(21-22)6-3-7(20-19-6)12(13,14)15/h3-5H,1-2H3,(H,19,20)(H2,16,17,18). The highest BCUT2D eigenvalue weighted by atomic mass is 19.4. The van der Waals surface area contributed by atoms with Crippen LogP contribution in [0.25, 0.3) is 22.4 Å². The quantitative estimate of drug-likeness (QED) is 0.757. The first-order valence-corrected chi connectivity index (χ1v) is 6.40. The summed E-state index contributed by atoms with van der Waals surface area (Å²) in [6.45, 7) is 3.75. The highest BCUT2D eigenvalue weighted by Crippen LogP contribution is 2.34. The van der Waals surface area contributed by atoms with Gasteiger partial charge in [0.1, 0.15) is 29.2 Å². The minimum Gasteiger partial charge on any atom is -0.383 e. The Hall–Kier alpha value is -2.65. The summed E-state index contributed by atoms with van der Waals surface area (Å²) < 4.78 is 39.7. The fourth-order valence-electron chi connectivity index (χ4n) is 2.12. The fraction of sp³-hybridized carbons (Fsp3) is 0.333. The molecule has 0 fully saturated rings. The van der Waals surface area contributed by atoms with Gasteiger partial charge in [-0.1, -0.05) is 0 Å². The highest BCUT2D eigenvalue weighted by molar-refractivity contribution is 5.97. The summed E-state index contributed by atoms with van der Waals surface area (Å²) in [6, 6.07) is 0.838. The number of hydrogen-bond acceptors (Lipinski definition) is 5. The third-order valence-electron chi connectivity index (χ3n) is 3.13. The van der Waals surface area contributed by atoms with Crippen LogP contribution in [0, 0.1) is 0 Å². The Kier molecular flexibility index (Phi) is 3.04. The van der Waals surface area contributed by atoms with Gasteiger partial charge in [-0.15, -0.1) is 0 Å². The molecule has 0 aliphatic heterocycles. The topological polar surface area (TPSA) is 98.3 Å². The lowest BCUT2D eigenvalue weighted by Crippen LogP contribution is -2.04. The van der Waals surface area contributed by atoms with Crippen LogP contribution in [0.3, 0.4) is 0 Å². The molecule has 3 aromatic rings. The summed E-state index contributed by atoms with van der Waals surface area (Å²) >= 11 is 0. The van der Waals surface area contributed by atoms with Crippen molar-refractivity contribution in [1.82, 2.24) is 29.9 Å². The molecule has 0 radical (unpaired) electrons. The largest absolute Gasteiger partial charge is 0.432 e. The molecule has 10 heteroatoms. The van der Waals surface area contributed by atoms with Crippen molar-refractivity contribution in [3.05, 3.63) is 18.1 Å². The van der Waals surface area contributed by atoms with Crippen LogP contribution in [0.5, 0.6) is 0 Å². The molecule has 0 saturated heterocycles. The van der Waals surface area contributed by atoms with Crippen molar-refractivity contribution in [1.29, 1.82) is 0 Å². The number of aromatic amines is 1. The molecule has 3 rings (SSSR count). The van der Waals surface area contributed by atoms with Crippen LogP contribution in [-0.4, -0.2) is 29.9 Å². The molecule has 0 aromatic carbocycles. The first-order valence-electron chi connectivity index (χ1n) is 6.40. The molecule has 0 unspecified atom stereocenters. The Balaban J connectivity index is 2.25. The predicted molar refractivity (Wildman–Crippen MR) is 72.7 cm³/mol. The molecule has 7 nitrogen and oxygen atoms in total. The number of aromatic nitrogens is 6. The van der Waals surface area contributed by atoms with Crippen LogP contribution in [-0.2, 0) is 6.18 Å². The zero-order valence-electron chi connectivity index (χ0n) is 11.7. The zero-order valence-corrected chi connectivity index (χ0v) is 11.7. The van der Waals surface area contributed by atoms with Gasteiger partial charge in [0.25, 0.3) is 0 Å². The summed E-state index contributed by atoms with van der Waals surface area (Å²) in [4.78, 5) is 7.99. The molecule has 3 N–H and O–H groups in total. The first-order chi connectivity index (χ1) is 10.3. The van der Waals surface area contributed by atoms with Gasteiger partial charge in [0, 0.05) is 6.04 Å². The Labute approximate surface area is 122 Å². The van der Waals surface area contributed by atoms with Crippen LogP contribution < -0.4 is 5.73 Å². The third kappa shape index (κ3) is 2.16. The summed E-state index contributed by atoms with van der Waals surface area (Å²) in [7, 11) is 0. The lowest BCUT2D eigenvalue weighted by Gasteiger charge is -2.05. The molecule has 0 saturated carbocycles. The molecule has 3 heterocycles. The Bertz CT molecular complexity index is 831. The second-order valence-electron chi connectivity index (χ2n) is 5.01. The highest BCUT2D eigenvalue weighted by Gasteiger charge is 2.34. The van der Waals surface area contributed by atoms with Crippen molar-refractivity contribution < 1.29 is 13.2 Å². The van der Waals surface area contributed by atoms with E-state index in [2.05, 4.69) is 20.2 Å². The van der Waals surface area contributed by atoms with E-state index in [9.17, 15) is 13.2 Å². The van der Waals surface area contributed by atoms with Crippen molar-refractivity contribution >= 4 is 16.9 Å². The molecule has 0 spiro atoms. The molecule has 0 atom stereocenters. The zero-order chi connectivity index (χ0) is 16.1. The minimum atomic E-state index is -4.51. The summed E-state index contributed by atoms with van der Waals surface area (Å²) in [5, 5.41) is 10.3. The Morgan fingerprint density at radius 3 is 2.59 bits per heavy atom. The molecular weight excluding hydrogens is 299 g/mol. The first kappa shape index (κ1) is 14.3. The van der Waals surface area contributed by atoms with Crippen LogP contribution in [0.1, 0.15) is 25.6 Å². The van der Waals surface area contributed by atoms with Crippen LogP contribution in [0.4, 0.5) is 19.0 Å². The summed E-state index contributed by atoms with van der Waals surface area (Å²) in [5.41, 5.74) is 5.59. The van der Waals surface area contributed by atoms with Gasteiger partial charge in [-0.25, -0.2) is 14.6 Å². The Morgan fingerprint density at radius 2 is 2.00 bits per heavy atom. The summed E-state index contributed by atoms with van der Waals surface area (Å²) in [6.07, 6.45) is -3.22. The molecule has 0 bridgehead atoms. The maximum absolute atomic E-state index is 12.7. The Morgan fingerprint density at radius 1 is 1.27 bits per heavy atom. The van der Waals surface area contributed by atoms with Gasteiger partial charge < -0.3 is 5.73 Å². The lowest BCUT2D eigenvalue weighted by atomic mass is 10.2. The second kappa shape index (κ2) is 4.68. The number of nitrogens with one attached hydrogen (secondary N) is 1. The normalized spacial score (nSPS) is 12.5. The van der Waals surface area contributed by atoms with E-state index >= 15 is 0 Å². The van der Waals surface area contributed by atoms with E-state index in [1.165, 1.54) is 6.33 Å². The average molecular weight is 311 g/mol. The SMILES string of the molecule is CC(C)n1nc(-c2cc(C(F)(F)F)[nH]n2)c2c(N)ncnc21. The third-order valence-corrected chi connectivity index (χ3v) is 3.13. The molecule has 0 aliphatic rings. The van der Waals surface area contributed by atoms with Gasteiger partial charge >= 0.3 is 6.18 Å². The lowest BCUT2D eigenvalue weighted by molar-refractivity contribution is -0.141. The number of rotatable bonds is 2. The number of alkyl halides is 3. The number of halogens is 3. The van der Waals surface area contributed by atoms with E-state index in [4.69, 9.17) is 5.73 Å². The van der Waals surface area contributed by atoms with E-state index in [0.29, 0.717) is 11.0 Å². The monoisotopic (exact) mass is 311 g/mol. The van der Waals surface area contributed by atoms with Gasteiger partial charge in [0.2, 0.25) is 0 Å². The molecule has 3 aromatic heterocycles. The van der Waals surface area contributed by atoms with Crippen molar-refractivity contribution in [3.63, 3.8) is 0 Å². The van der Waals surface area contributed by atoms with E-state index < -0.39 is 11.9 Å². The maximum Gasteiger partial charge on any atom is 0.432 e. The molecular formula is C12H12F3N7. The van der Waals surface area contributed by atoms with E-state index in [0.717, 1.165) is 6.07 Å². The van der Waals surface area contributed by atoms with Gasteiger partial charge in [0.15, 0.2) is 5.65 Å². The minimum absolute atomic E-state index is 0.0400. The van der Waals surface area contributed by atoms with Crippen molar-refractivity contribution in [2.75, 3.05) is 5.73 Å². The smallest absolute Gasteiger partial charge is 0.383 e. The number of anilines is 1. The van der Waals surface area contributed by atoms with Crippen molar-refractivity contribution in [3.8, 4) is 11.4 Å². The number of nitrogen functional groups attached to an aromatic ring is 1. The molecule has 116 valence electrons. The number of H-pyrrole nitrogens is 1. The number of nitrogens with zero attached hydrogens (tertiary/aromatic N) is 5. The van der Waals surface area contributed by atoms with Gasteiger partial charge in [-0.05, 0) is 19.9 Å². The van der Waals surface area contributed by atoms with Crippen molar-refractivity contribution in [2.45, 2.75) is 26.1 Å². The molecule has 0 amide bonds. The van der Waals surface area contributed by atoms with Crippen molar-refractivity contribution in [2.24, 2.45) is 0 Å². The van der Waals surface area contributed by atoms with Crippen LogP contribution in [0.15, 0.2) is 12.4 Å². The molecule has 22 heavy (non-hydrogen) atoms. The fourth-order valence-corrected chi connectivity index (χ4v) is 2.12. The van der Waals surface area contributed by atoms with E-state index in [1.807, 2.05) is 18.9 Å². The summed E-state index contributed by atoms with van der Waals surface area (Å²) in [5.74, 6) is 0.142. The van der Waals surface area contributed by atoms with Crippen LogP contribution >= 0.6 is 0 Å². The molecule has 0 aliphatic carbocycles. The van der Waals surface area contributed by atoms with Gasteiger partial charge in [-0.2, -0.15) is 23.4 Å². The number of nitrogens with two attached hydrogens (primary N) is 1. The number of fused-ring (bicyclic) bond motifs is 1.